The van der Waals surface area contributed by atoms with E-state index in [1.54, 1.807) is 36.4 Å². The van der Waals surface area contributed by atoms with Crippen LogP contribution in [0.1, 0.15) is 5.56 Å². The highest BCUT2D eigenvalue weighted by molar-refractivity contribution is 5.71. The summed E-state index contributed by atoms with van der Waals surface area (Å²) in [6, 6.07) is 17.2. The molecule has 0 aliphatic carbocycles. The van der Waals surface area contributed by atoms with E-state index in [2.05, 4.69) is 4.98 Å². The topological polar surface area (TPSA) is 36.7 Å². The molecular weight excluding hydrogens is 282 g/mol. The molecule has 3 rings (SSSR count). The monoisotopic (exact) mass is 292 g/mol. The number of nitriles is 1. The molecule has 0 aliphatic rings. The van der Waals surface area contributed by atoms with Crippen molar-refractivity contribution in [3.8, 4) is 28.6 Å². The largest absolute Gasteiger partial charge is 0.246 e. The lowest BCUT2D eigenvalue weighted by Gasteiger charge is -2.07. The number of aromatic nitrogens is 1. The highest BCUT2D eigenvalue weighted by Crippen LogP contribution is 2.26. The molecule has 0 spiro atoms. The van der Waals surface area contributed by atoms with E-state index in [4.69, 9.17) is 0 Å². The van der Waals surface area contributed by atoms with Crippen molar-refractivity contribution in [2.75, 3.05) is 0 Å². The number of hydrogen-bond acceptors (Lipinski definition) is 2. The third-order valence-electron chi connectivity index (χ3n) is 3.23. The van der Waals surface area contributed by atoms with Crippen molar-refractivity contribution in [3.05, 3.63) is 77.9 Å². The maximum Gasteiger partial charge on any atom is 0.123 e. The minimum atomic E-state index is -0.403. The van der Waals surface area contributed by atoms with E-state index in [9.17, 15) is 14.0 Å². The number of rotatable bonds is 2. The van der Waals surface area contributed by atoms with Crippen LogP contribution in [0.4, 0.5) is 8.78 Å². The molecule has 0 atom stereocenters. The fourth-order valence-corrected chi connectivity index (χ4v) is 2.21. The van der Waals surface area contributed by atoms with Gasteiger partial charge in [-0.25, -0.2) is 13.8 Å². The molecular formula is C18H10F2N2. The second-order valence-corrected chi connectivity index (χ2v) is 4.73. The van der Waals surface area contributed by atoms with Crippen molar-refractivity contribution < 1.29 is 8.78 Å². The summed E-state index contributed by atoms with van der Waals surface area (Å²) >= 11 is 0. The Morgan fingerprint density at radius 3 is 2.09 bits per heavy atom. The summed E-state index contributed by atoms with van der Waals surface area (Å²) in [6.07, 6.45) is 0. The van der Waals surface area contributed by atoms with Crippen LogP contribution in [0.5, 0.6) is 0 Å². The van der Waals surface area contributed by atoms with Crippen molar-refractivity contribution in [3.63, 3.8) is 0 Å². The van der Waals surface area contributed by atoms with E-state index < -0.39 is 5.82 Å². The molecule has 2 nitrogen and oxygen atoms in total. The van der Waals surface area contributed by atoms with Gasteiger partial charge in [0.15, 0.2) is 0 Å². The van der Waals surface area contributed by atoms with Crippen molar-refractivity contribution >= 4 is 0 Å². The first-order valence-electron chi connectivity index (χ1n) is 6.60. The lowest BCUT2D eigenvalue weighted by molar-refractivity contribution is 0.628. The van der Waals surface area contributed by atoms with Gasteiger partial charge in [-0.05, 0) is 36.4 Å². The highest BCUT2D eigenvalue weighted by Gasteiger charge is 2.10. The van der Waals surface area contributed by atoms with E-state index in [-0.39, 0.29) is 5.82 Å². The molecule has 106 valence electrons. The van der Waals surface area contributed by atoms with Gasteiger partial charge in [-0.3, -0.25) is 0 Å². The Morgan fingerprint density at radius 1 is 0.818 bits per heavy atom. The van der Waals surface area contributed by atoms with Crippen molar-refractivity contribution in [2.45, 2.75) is 0 Å². The molecule has 0 bridgehead atoms. The smallest absolute Gasteiger partial charge is 0.123 e. The third kappa shape index (κ3) is 2.70. The van der Waals surface area contributed by atoms with E-state index in [0.717, 1.165) is 0 Å². The lowest BCUT2D eigenvalue weighted by Crippen LogP contribution is -1.93. The first-order chi connectivity index (χ1) is 10.7. The Balaban J connectivity index is 2.17. The Bertz CT molecular complexity index is 882. The van der Waals surface area contributed by atoms with Crippen molar-refractivity contribution in [1.82, 2.24) is 4.98 Å². The lowest BCUT2D eigenvalue weighted by atomic mass is 10.0. The van der Waals surface area contributed by atoms with Crippen LogP contribution in [0.2, 0.25) is 0 Å². The summed E-state index contributed by atoms with van der Waals surface area (Å²) < 4.78 is 26.7. The van der Waals surface area contributed by atoms with E-state index in [1.165, 1.54) is 24.3 Å². The van der Waals surface area contributed by atoms with Gasteiger partial charge in [0.25, 0.3) is 0 Å². The standard InChI is InChI=1S/C18H10F2N2/c19-15-5-1-3-12(9-15)17-8-7-14(11-21)18(22-17)13-4-2-6-16(20)10-13/h1-10H. The SMILES string of the molecule is N#Cc1ccc(-c2cccc(F)c2)nc1-c1cccc(F)c1. The highest BCUT2D eigenvalue weighted by atomic mass is 19.1. The van der Waals surface area contributed by atoms with E-state index in [0.29, 0.717) is 28.1 Å². The van der Waals surface area contributed by atoms with Crippen LogP contribution in [-0.2, 0) is 0 Å². The molecule has 0 unspecified atom stereocenters. The molecule has 0 aliphatic heterocycles. The Hall–Kier alpha value is -3.06. The number of hydrogen-bond donors (Lipinski definition) is 0. The zero-order valence-electron chi connectivity index (χ0n) is 11.4. The Morgan fingerprint density at radius 2 is 1.45 bits per heavy atom. The van der Waals surface area contributed by atoms with Crippen LogP contribution in [0.25, 0.3) is 22.5 Å². The van der Waals surface area contributed by atoms with Crippen LogP contribution >= 0.6 is 0 Å². The predicted octanol–water partition coefficient (Wildman–Crippen LogP) is 4.57. The van der Waals surface area contributed by atoms with E-state index in [1.807, 2.05) is 6.07 Å². The van der Waals surface area contributed by atoms with Crippen LogP contribution in [0, 0.1) is 23.0 Å². The molecule has 0 saturated heterocycles. The number of benzene rings is 2. The average molecular weight is 292 g/mol. The molecule has 1 heterocycles. The molecule has 0 radical (unpaired) electrons. The van der Waals surface area contributed by atoms with Crippen molar-refractivity contribution in [2.24, 2.45) is 0 Å². The number of pyridine rings is 1. The molecule has 0 amide bonds. The van der Waals surface area contributed by atoms with Gasteiger partial charge < -0.3 is 0 Å². The number of halogens is 2. The summed E-state index contributed by atoms with van der Waals surface area (Å²) in [5.74, 6) is -0.768. The maximum absolute atomic E-state index is 13.4. The van der Waals surface area contributed by atoms with Gasteiger partial charge in [-0.1, -0.05) is 24.3 Å². The summed E-state index contributed by atoms with van der Waals surface area (Å²) in [5, 5.41) is 9.21. The summed E-state index contributed by atoms with van der Waals surface area (Å²) in [5.41, 5.74) is 2.35. The minimum Gasteiger partial charge on any atom is -0.246 e. The Kier molecular flexibility index (Phi) is 3.63. The van der Waals surface area contributed by atoms with Crippen LogP contribution in [0.15, 0.2) is 60.7 Å². The van der Waals surface area contributed by atoms with Crippen LogP contribution in [-0.4, -0.2) is 4.98 Å². The zero-order chi connectivity index (χ0) is 15.5. The predicted molar refractivity (Wildman–Crippen MR) is 79.7 cm³/mol. The summed E-state index contributed by atoms with van der Waals surface area (Å²) in [6.45, 7) is 0. The fraction of sp³-hybridized carbons (Fsp3) is 0. The van der Waals surface area contributed by atoms with Gasteiger partial charge >= 0.3 is 0 Å². The van der Waals surface area contributed by atoms with Crippen LogP contribution < -0.4 is 0 Å². The molecule has 3 aromatic rings. The first-order valence-corrected chi connectivity index (χ1v) is 6.60. The molecule has 0 saturated carbocycles. The molecule has 1 aromatic heterocycles. The van der Waals surface area contributed by atoms with Gasteiger partial charge in [-0.15, -0.1) is 0 Å². The Labute approximate surface area is 126 Å². The van der Waals surface area contributed by atoms with E-state index >= 15 is 0 Å². The van der Waals surface area contributed by atoms with Gasteiger partial charge in [0.1, 0.15) is 17.7 Å². The minimum absolute atomic E-state index is 0.339. The number of nitrogens with zero attached hydrogens (tertiary/aromatic N) is 2. The summed E-state index contributed by atoms with van der Waals surface area (Å²) in [4.78, 5) is 4.41. The normalized spacial score (nSPS) is 10.2. The summed E-state index contributed by atoms with van der Waals surface area (Å²) in [7, 11) is 0. The quantitative estimate of drug-likeness (QED) is 0.694. The van der Waals surface area contributed by atoms with Gasteiger partial charge in [-0.2, -0.15) is 5.26 Å². The van der Waals surface area contributed by atoms with Gasteiger partial charge in [0.2, 0.25) is 0 Å². The maximum atomic E-state index is 13.4. The zero-order valence-corrected chi connectivity index (χ0v) is 11.4. The van der Waals surface area contributed by atoms with Crippen molar-refractivity contribution in [1.29, 1.82) is 5.26 Å². The molecule has 0 N–H and O–H groups in total. The third-order valence-corrected chi connectivity index (χ3v) is 3.23. The molecule has 0 fully saturated rings. The molecule has 22 heavy (non-hydrogen) atoms. The average Bonchev–Trinajstić information content (AvgIpc) is 2.54. The van der Waals surface area contributed by atoms with Gasteiger partial charge in [0, 0.05) is 11.1 Å². The van der Waals surface area contributed by atoms with Gasteiger partial charge in [0.05, 0.1) is 17.0 Å². The molecule has 4 heteroatoms. The second-order valence-electron chi connectivity index (χ2n) is 4.73. The second kappa shape index (κ2) is 5.74. The first kappa shape index (κ1) is 13.9. The fourth-order valence-electron chi connectivity index (χ4n) is 2.21. The van der Waals surface area contributed by atoms with Crippen LogP contribution in [0.3, 0.4) is 0 Å². The molecule has 2 aromatic carbocycles.